The first-order chi connectivity index (χ1) is 13.9. The van der Waals surface area contributed by atoms with Gasteiger partial charge in [-0.3, -0.25) is 19.0 Å². The third kappa shape index (κ3) is 3.44. The molecule has 3 heterocycles. The molecular formula is C21H25N7S. The van der Waals surface area contributed by atoms with Crippen molar-refractivity contribution in [3.8, 4) is 5.69 Å². The zero-order valence-corrected chi connectivity index (χ0v) is 18.2. The van der Waals surface area contributed by atoms with Gasteiger partial charge in [-0.25, -0.2) is 0 Å². The van der Waals surface area contributed by atoms with E-state index in [1.54, 1.807) is 6.20 Å². The monoisotopic (exact) mass is 407 g/mol. The average Bonchev–Trinajstić information content (AvgIpc) is 3.35. The van der Waals surface area contributed by atoms with Crippen LogP contribution in [-0.2, 0) is 6.54 Å². The lowest BCUT2D eigenvalue weighted by Gasteiger charge is -2.15. The molecule has 0 saturated heterocycles. The molecule has 0 saturated carbocycles. The Morgan fingerprint density at radius 2 is 1.79 bits per heavy atom. The van der Waals surface area contributed by atoms with Gasteiger partial charge in [0.1, 0.15) is 6.04 Å². The van der Waals surface area contributed by atoms with Crippen LogP contribution in [0.25, 0.3) is 5.69 Å². The summed E-state index contributed by atoms with van der Waals surface area (Å²) in [7, 11) is 0. The summed E-state index contributed by atoms with van der Waals surface area (Å²) in [6.45, 7) is 11.0. The molecule has 7 nitrogen and oxygen atoms in total. The molecule has 0 amide bonds. The SMILES string of the molecule is Cc1ccc(Cn2nc(C)c(-n3c([C@@H](C)n4nccc4C)n[nH]c3=S)c2C)cc1. The van der Waals surface area contributed by atoms with E-state index in [0.717, 1.165) is 28.6 Å². The largest absolute Gasteiger partial charge is 0.267 e. The smallest absolute Gasteiger partial charge is 0.200 e. The first-order valence-corrected chi connectivity index (χ1v) is 10.0. The van der Waals surface area contributed by atoms with Crippen LogP contribution in [0.2, 0.25) is 0 Å². The second-order valence-electron chi connectivity index (χ2n) is 7.48. The molecule has 1 N–H and O–H groups in total. The number of nitrogens with one attached hydrogen (secondary N) is 1. The molecular weight excluding hydrogens is 382 g/mol. The molecule has 3 aromatic heterocycles. The van der Waals surface area contributed by atoms with Gasteiger partial charge in [-0.2, -0.15) is 15.3 Å². The van der Waals surface area contributed by atoms with Crippen molar-refractivity contribution >= 4 is 12.2 Å². The van der Waals surface area contributed by atoms with Crippen LogP contribution < -0.4 is 0 Å². The molecule has 1 aromatic carbocycles. The van der Waals surface area contributed by atoms with Crippen molar-refractivity contribution in [1.82, 2.24) is 34.3 Å². The third-order valence-corrected chi connectivity index (χ3v) is 5.60. The maximum absolute atomic E-state index is 5.59. The van der Waals surface area contributed by atoms with Gasteiger partial charge in [0.25, 0.3) is 0 Å². The van der Waals surface area contributed by atoms with Crippen LogP contribution in [0.5, 0.6) is 0 Å². The maximum atomic E-state index is 5.59. The Kier molecular flexibility index (Phi) is 4.96. The predicted molar refractivity (Wildman–Crippen MR) is 115 cm³/mol. The molecule has 150 valence electrons. The van der Waals surface area contributed by atoms with Gasteiger partial charge < -0.3 is 0 Å². The van der Waals surface area contributed by atoms with Crippen LogP contribution in [0, 0.1) is 32.5 Å². The standard InChI is InChI=1S/C21H25N7S/c1-13-6-8-18(9-7-13)12-26-16(4)19(15(3)25-26)27-20(23-24-21(27)29)17(5)28-14(2)10-11-22-28/h6-11,17H,12H2,1-5H3,(H,24,29)/t17-/m1/s1. The van der Waals surface area contributed by atoms with Crippen molar-refractivity contribution in [2.24, 2.45) is 0 Å². The van der Waals surface area contributed by atoms with Gasteiger partial charge in [0, 0.05) is 11.9 Å². The van der Waals surface area contributed by atoms with Gasteiger partial charge in [-0.1, -0.05) is 29.8 Å². The third-order valence-electron chi connectivity index (χ3n) is 5.33. The van der Waals surface area contributed by atoms with Gasteiger partial charge in [0.05, 0.1) is 23.6 Å². The van der Waals surface area contributed by atoms with E-state index >= 15 is 0 Å². The molecule has 0 aliphatic rings. The number of H-pyrrole nitrogens is 1. The van der Waals surface area contributed by atoms with Crippen LogP contribution in [0.15, 0.2) is 36.5 Å². The van der Waals surface area contributed by atoms with Crippen LogP contribution >= 0.6 is 12.2 Å². The summed E-state index contributed by atoms with van der Waals surface area (Å²) in [5.74, 6) is 0.808. The Bertz CT molecular complexity index is 1210. The first-order valence-electron chi connectivity index (χ1n) is 9.64. The Hall–Kier alpha value is -3.00. The number of hydrogen-bond acceptors (Lipinski definition) is 4. The lowest BCUT2D eigenvalue weighted by atomic mass is 10.1. The minimum Gasteiger partial charge on any atom is -0.267 e. The Balaban J connectivity index is 1.77. The highest BCUT2D eigenvalue weighted by Crippen LogP contribution is 2.25. The molecule has 0 spiro atoms. The van der Waals surface area contributed by atoms with Crippen molar-refractivity contribution in [3.05, 3.63) is 75.3 Å². The van der Waals surface area contributed by atoms with Crippen LogP contribution in [0.3, 0.4) is 0 Å². The Labute approximate surface area is 175 Å². The van der Waals surface area contributed by atoms with Crippen LogP contribution in [-0.4, -0.2) is 34.3 Å². The summed E-state index contributed by atoms with van der Waals surface area (Å²) in [5.41, 5.74) is 6.47. The topological polar surface area (TPSA) is 69.2 Å². The van der Waals surface area contributed by atoms with E-state index in [2.05, 4.69) is 60.3 Å². The van der Waals surface area contributed by atoms with E-state index < -0.39 is 0 Å². The van der Waals surface area contributed by atoms with Crippen molar-refractivity contribution in [1.29, 1.82) is 0 Å². The van der Waals surface area contributed by atoms with Gasteiger partial charge in [-0.05, 0) is 58.5 Å². The molecule has 0 radical (unpaired) electrons. The Morgan fingerprint density at radius 3 is 2.45 bits per heavy atom. The van der Waals surface area contributed by atoms with Crippen LogP contribution in [0.1, 0.15) is 47.0 Å². The minimum atomic E-state index is -0.0720. The zero-order valence-electron chi connectivity index (χ0n) is 17.3. The van der Waals surface area contributed by atoms with E-state index in [4.69, 9.17) is 17.3 Å². The molecule has 0 fully saturated rings. The number of benzene rings is 1. The van der Waals surface area contributed by atoms with E-state index in [9.17, 15) is 0 Å². The summed E-state index contributed by atoms with van der Waals surface area (Å²) in [5, 5.41) is 16.7. The van der Waals surface area contributed by atoms with E-state index in [1.807, 2.05) is 33.8 Å². The number of hydrogen-bond donors (Lipinski definition) is 1. The molecule has 4 rings (SSSR count). The minimum absolute atomic E-state index is 0.0720. The highest BCUT2D eigenvalue weighted by Gasteiger charge is 2.23. The molecule has 8 heteroatoms. The molecule has 0 aliphatic carbocycles. The van der Waals surface area contributed by atoms with E-state index in [1.165, 1.54) is 11.1 Å². The number of aromatic nitrogens is 7. The molecule has 0 bridgehead atoms. The second kappa shape index (κ2) is 7.44. The zero-order chi connectivity index (χ0) is 20.7. The normalized spacial score (nSPS) is 12.4. The number of rotatable bonds is 5. The quantitative estimate of drug-likeness (QED) is 0.503. The lowest BCUT2D eigenvalue weighted by Crippen LogP contribution is -2.16. The second-order valence-corrected chi connectivity index (χ2v) is 7.86. The molecule has 0 aliphatic heterocycles. The fraction of sp³-hybridized carbons (Fsp3) is 0.333. The van der Waals surface area contributed by atoms with Crippen molar-refractivity contribution < 1.29 is 0 Å². The molecule has 1 atom stereocenters. The summed E-state index contributed by atoms with van der Waals surface area (Å²) < 4.78 is 6.52. The summed E-state index contributed by atoms with van der Waals surface area (Å²) in [6, 6.07) is 10.4. The highest BCUT2D eigenvalue weighted by atomic mass is 32.1. The molecule has 0 unspecified atom stereocenters. The summed E-state index contributed by atoms with van der Waals surface area (Å²) in [6.07, 6.45) is 1.80. The molecule has 29 heavy (non-hydrogen) atoms. The van der Waals surface area contributed by atoms with Crippen molar-refractivity contribution in [3.63, 3.8) is 0 Å². The maximum Gasteiger partial charge on any atom is 0.200 e. The molecule has 4 aromatic rings. The van der Waals surface area contributed by atoms with Gasteiger partial charge in [0.15, 0.2) is 10.6 Å². The predicted octanol–water partition coefficient (Wildman–Crippen LogP) is 4.21. The van der Waals surface area contributed by atoms with Crippen LogP contribution in [0.4, 0.5) is 0 Å². The Morgan fingerprint density at radius 1 is 1.07 bits per heavy atom. The number of nitrogens with zero attached hydrogens (tertiary/aromatic N) is 6. The van der Waals surface area contributed by atoms with E-state index in [-0.39, 0.29) is 6.04 Å². The fourth-order valence-electron chi connectivity index (χ4n) is 3.73. The summed E-state index contributed by atoms with van der Waals surface area (Å²) in [4.78, 5) is 0. The van der Waals surface area contributed by atoms with Gasteiger partial charge in [-0.15, -0.1) is 0 Å². The fourth-order valence-corrected chi connectivity index (χ4v) is 3.96. The lowest BCUT2D eigenvalue weighted by molar-refractivity contribution is 0.515. The van der Waals surface area contributed by atoms with Crippen molar-refractivity contribution in [2.75, 3.05) is 0 Å². The van der Waals surface area contributed by atoms with E-state index in [0.29, 0.717) is 11.3 Å². The van der Waals surface area contributed by atoms with Crippen molar-refractivity contribution in [2.45, 2.75) is 47.2 Å². The average molecular weight is 408 g/mol. The number of aromatic amines is 1. The summed E-state index contributed by atoms with van der Waals surface area (Å²) >= 11 is 5.59. The highest BCUT2D eigenvalue weighted by molar-refractivity contribution is 7.71. The number of aryl methyl sites for hydroxylation is 3. The first kappa shape index (κ1) is 19.3. The van der Waals surface area contributed by atoms with Gasteiger partial charge >= 0.3 is 0 Å². The van der Waals surface area contributed by atoms with Gasteiger partial charge in [0.2, 0.25) is 0 Å².